The minimum Gasteiger partial charge on any atom is -0.380 e. The molecular weight excluding hydrogens is 318 g/mol. The Hall–Kier alpha value is -1.71. The Kier molecular flexibility index (Phi) is 4.03. The van der Waals surface area contributed by atoms with Crippen LogP contribution in [0.25, 0.3) is 0 Å². The molecule has 0 aromatic carbocycles. The van der Waals surface area contributed by atoms with Gasteiger partial charge in [-0.1, -0.05) is 0 Å². The van der Waals surface area contributed by atoms with Crippen LogP contribution in [-0.2, 0) is 21.8 Å². The van der Waals surface area contributed by atoms with E-state index >= 15 is 0 Å². The summed E-state index contributed by atoms with van der Waals surface area (Å²) in [5.74, 6) is 0.658. The number of sulfonamides is 1. The number of nitrogens with one attached hydrogen (secondary N) is 1. The molecule has 23 heavy (non-hydrogen) atoms. The highest BCUT2D eigenvalue weighted by Crippen LogP contribution is 2.36. The van der Waals surface area contributed by atoms with Crippen LogP contribution < -0.4 is 0 Å². The van der Waals surface area contributed by atoms with E-state index in [1.807, 2.05) is 13.8 Å². The van der Waals surface area contributed by atoms with Gasteiger partial charge in [-0.3, -0.25) is 4.68 Å². The van der Waals surface area contributed by atoms with Gasteiger partial charge in [0.2, 0.25) is 0 Å². The van der Waals surface area contributed by atoms with Gasteiger partial charge >= 0.3 is 0 Å². The third-order valence-corrected chi connectivity index (χ3v) is 6.31. The van der Waals surface area contributed by atoms with Gasteiger partial charge in [0, 0.05) is 26.4 Å². The lowest BCUT2D eigenvalue weighted by atomic mass is 10.2. The summed E-state index contributed by atoms with van der Waals surface area (Å²) in [5, 5.41) is 4.13. The maximum atomic E-state index is 13.0. The van der Waals surface area contributed by atoms with Gasteiger partial charge in [-0.15, -0.1) is 0 Å². The Bertz CT molecular complexity index is 791. The van der Waals surface area contributed by atoms with Crippen LogP contribution in [0.4, 0.5) is 0 Å². The molecule has 1 aliphatic heterocycles. The summed E-state index contributed by atoms with van der Waals surface area (Å²) in [7, 11) is -0.460. The van der Waals surface area contributed by atoms with E-state index in [0.29, 0.717) is 18.8 Å². The van der Waals surface area contributed by atoms with Crippen LogP contribution in [0.15, 0.2) is 17.3 Å². The van der Waals surface area contributed by atoms with Crippen LogP contribution in [0.3, 0.4) is 0 Å². The molecule has 2 aromatic heterocycles. The first-order valence-corrected chi connectivity index (χ1v) is 8.84. The maximum Gasteiger partial charge on any atom is 0.260 e. The molecular formula is C14H21N5O3S. The number of nitrogens with zero attached hydrogens (tertiary/aromatic N) is 4. The van der Waals surface area contributed by atoms with Crippen LogP contribution in [0.2, 0.25) is 0 Å². The van der Waals surface area contributed by atoms with Crippen LogP contribution in [0.5, 0.6) is 0 Å². The third kappa shape index (κ3) is 2.68. The van der Waals surface area contributed by atoms with E-state index in [-0.39, 0.29) is 17.2 Å². The molecule has 1 fully saturated rings. The highest BCUT2D eigenvalue weighted by atomic mass is 32.2. The van der Waals surface area contributed by atoms with Gasteiger partial charge < -0.3 is 9.72 Å². The molecule has 8 nitrogen and oxygen atoms in total. The first kappa shape index (κ1) is 16.2. The molecule has 1 aliphatic rings. The number of H-pyrrole nitrogens is 1. The van der Waals surface area contributed by atoms with Gasteiger partial charge in [-0.25, -0.2) is 13.4 Å². The summed E-state index contributed by atoms with van der Waals surface area (Å²) in [4.78, 5) is 7.69. The highest BCUT2D eigenvalue weighted by molar-refractivity contribution is 7.89. The van der Waals surface area contributed by atoms with Crippen molar-refractivity contribution in [3.05, 3.63) is 29.5 Å². The van der Waals surface area contributed by atoms with E-state index in [1.54, 1.807) is 14.2 Å². The molecule has 0 bridgehead atoms. The van der Waals surface area contributed by atoms with E-state index in [2.05, 4.69) is 15.1 Å². The van der Waals surface area contributed by atoms with Crippen molar-refractivity contribution in [1.82, 2.24) is 24.1 Å². The molecule has 1 N–H and O–H groups in total. The standard InChI is InChI=1S/C14H21N5O3S/c1-9-10(2)17-14(16-9)12-7-11(22-4)8-19(12)23(20,21)13-5-6-15-18(13)3/h5-6,11-12H,7-8H2,1-4H3,(H,16,17)/t11-,12+/m1/s1. The molecule has 1 saturated heterocycles. The molecule has 2 atom stereocenters. The Morgan fingerprint density at radius 2 is 2.13 bits per heavy atom. The number of aromatic amines is 1. The second-order valence-electron chi connectivity index (χ2n) is 5.81. The topological polar surface area (TPSA) is 93.1 Å². The Balaban J connectivity index is 2.03. The van der Waals surface area contributed by atoms with Crippen molar-refractivity contribution < 1.29 is 13.2 Å². The van der Waals surface area contributed by atoms with Gasteiger partial charge in [-0.2, -0.15) is 9.40 Å². The van der Waals surface area contributed by atoms with E-state index in [9.17, 15) is 8.42 Å². The fraction of sp³-hybridized carbons (Fsp3) is 0.571. The van der Waals surface area contributed by atoms with Gasteiger partial charge in [0.05, 0.1) is 24.0 Å². The second-order valence-corrected chi connectivity index (χ2v) is 7.65. The van der Waals surface area contributed by atoms with E-state index in [0.717, 1.165) is 11.4 Å². The quantitative estimate of drug-likeness (QED) is 0.894. The van der Waals surface area contributed by atoms with Crippen molar-refractivity contribution in [3.63, 3.8) is 0 Å². The zero-order valence-electron chi connectivity index (χ0n) is 13.6. The smallest absolute Gasteiger partial charge is 0.260 e. The van der Waals surface area contributed by atoms with Crippen LogP contribution in [0.1, 0.15) is 29.7 Å². The minimum absolute atomic E-state index is 0.159. The number of methoxy groups -OCH3 is 1. The lowest BCUT2D eigenvalue weighted by molar-refractivity contribution is 0.114. The van der Waals surface area contributed by atoms with Gasteiger partial charge in [-0.05, 0) is 26.3 Å². The van der Waals surface area contributed by atoms with E-state index < -0.39 is 10.0 Å². The fourth-order valence-electron chi connectivity index (χ4n) is 2.92. The van der Waals surface area contributed by atoms with Gasteiger partial charge in [0.15, 0.2) is 5.03 Å². The molecule has 0 unspecified atom stereocenters. The van der Waals surface area contributed by atoms with Crippen molar-refractivity contribution in [1.29, 1.82) is 0 Å². The van der Waals surface area contributed by atoms with Crippen LogP contribution in [-0.4, -0.2) is 52.2 Å². The van der Waals surface area contributed by atoms with Crippen molar-refractivity contribution in [2.24, 2.45) is 7.05 Å². The Morgan fingerprint density at radius 3 is 2.65 bits per heavy atom. The summed E-state index contributed by atoms with van der Waals surface area (Å²) < 4.78 is 34.3. The average Bonchev–Trinajstić information content (AvgIpc) is 3.18. The molecule has 0 aliphatic carbocycles. The summed E-state index contributed by atoms with van der Waals surface area (Å²) >= 11 is 0. The zero-order valence-corrected chi connectivity index (χ0v) is 14.5. The zero-order chi connectivity index (χ0) is 16.8. The van der Waals surface area contributed by atoms with Crippen molar-refractivity contribution in [2.45, 2.75) is 37.4 Å². The summed E-state index contributed by atoms with van der Waals surface area (Å²) in [5.41, 5.74) is 1.82. The summed E-state index contributed by atoms with van der Waals surface area (Å²) in [6, 6.07) is 1.14. The number of ether oxygens (including phenoxy) is 1. The number of aromatic nitrogens is 4. The van der Waals surface area contributed by atoms with Crippen molar-refractivity contribution >= 4 is 10.0 Å². The molecule has 3 heterocycles. The summed E-state index contributed by atoms with van der Waals surface area (Å²) in [6.07, 6.45) is 1.89. The molecule has 3 rings (SSSR count). The minimum atomic E-state index is -3.68. The predicted molar refractivity (Wildman–Crippen MR) is 83.3 cm³/mol. The van der Waals surface area contributed by atoms with Gasteiger partial charge in [0.25, 0.3) is 10.0 Å². The first-order chi connectivity index (χ1) is 10.8. The van der Waals surface area contributed by atoms with E-state index in [1.165, 1.54) is 21.3 Å². The molecule has 0 spiro atoms. The number of aryl methyl sites for hydroxylation is 3. The first-order valence-electron chi connectivity index (χ1n) is 7.40. The predicted octanol–water partition coefficient (Wildman–Crippen LogP) is 0.911. The molecule has 0 amide bonds. The highest BCUT2D eigenvalue weighted by Gasteiger charge is 2.43. The molecule has 2 aromatic rings. The van der Waals surface area contributed by atoms with Gasteiger partial charge in [0.1, 0.15) is 5.82 Å². The van der Waals surface area contributed by atoms with E-state index in [4.69, 9.17) is 4.74 Å². The monoisotopic (exact) mass is 339 g/mol. The lowest BCUT2D eigenvalue weighted by Gasteiger charge is -2.22. The van der Waals surface area contributed by atoms with Crippen molar-refractivity contribution in [3.8, 4) is 0 Å². The van der Waals surface area contributed by atoms with Crippen molar-refractivity contribution in [2.75, 3.05) is 13.7 Å². The van der Waals surface area contributed by atoms with Crippen LogP contribution >= 0.6 is 0 Å². The fourth-order valence-corrected chi connectivity index (χ4v) is 4.66. The number of imidazole rings is 1. The number of rotatable bonds is 4. The molecule has 9 heteroatoms. The normalized spacial score (nSPS) is 22.8. The SMILES string of the molecule is CO[C@@H]1C[C@@H](c2nc(C)c(C)[nH]2)N(S(=O)(=O)c2ccnn2C)C1. The Morgan fingerprint density at radius 1 is 1.39 bits per heavy atom. The summed E-state index contributed by atoms with van der Waals surface area (Å²) in [6.45, 7) is 4.13. The molecule has 0 saturated carbocycles. The third-order valence-electron chi connectivity index (χ3n) is 4.36. The largest absolute Gasteiger partial charge is 0.380 e. The lowest BCUT2D eigenvalue weighted by Crippen LogP contribution is -2.33. The Labute approximate surface area is 135 Å². The number of hydrogen-bond donors (Lipinski definition) is 1. The maximum absolute atomic E-state index is 13.0. The number of hydrogen-bond acceptors (Lipinski definition) is 5. The average molecular weight is 339 g/mol. The van der Waals surface area contributed by atoms with Crippen LogP contribution in [0, 0.1) is 13.8 Å². The molecule has 0 radical (unpaired) electrons. The second kappa shape index (κ2) is 5.73. The molecule has 126 valence electrons.